The number of aromatic nitrogens is 1. The number of hydrogen-bond acceptors (Lipinski definition) is 4. The number of halogens is 1. The molecule has 5 nitrogen and oxygen atoms in total. The molecule has 0 amide bonds. The number of methoxy groups -OCH3 is 1. The summed E-state index contributed by atoms with van der Waals surface area (Å²) in [7, 11) is -0.691. The number of rotatable bonds is 4. The molecule has 0 aliphatic rings. The van der Waals surface area contributed by atoms with E-state index in [1.54, 1.807) is 24.3 Å². The second kappa shape index (κ2) is 5.68. The number of sulfonamides is 1. The number of anilines is 1. The molecule has 106 valence electrons. The summed E-state index contributed by atoms with van der Waals surface area (Å²) in [6, 6.07) is 9.50. The maximum absolute atomic E-state index is 12.5. The molecule has 0 radical (unpaired) electrons. The molecule has 0 aliphatic carbocycles. The third-order valence-corrected chi connectivity index (χ3v) is 4.76. The Bertz CT molecular complexity index is 719. The highest BCUT2D eigenvalue weighted by molar-refractivity contribution is 7.92. The number of nitrogens with zero attached hydrogens (tertiary/aromatic N) is 2. The highest BCUT2D eigenvalue weighted by Gasteiger charge is 2.22. The topological polar surface area (TPSA) is 59.5 Å². The molecule has 0 fully saturated rings. The Kier molecular flexibility index (Phi) is 4.15. The third-order valence-electron chi connectivity index (χ3n) is 2.77. The van der Waals surface area contributed by atoms with E-state index in [1.807, 2.05) is 0 Å². The molecule has 20 heavy (non-hydrogen) atoms. The van der Waals surface area contributed by atoms with Gasteiger partial charge in [-0.2, -0.15) is 0 Å². The second-order valence-electron chi connectivity index (χ2n) is 3.99. The molecule has 1 heterocycles. The van der Waals surface area contributed by atoms with Gasteiger partial charge in [-0.05, 0) is 24.3 Å². The van der Waals surface area contributed by atoms with E-state index in [9.17, 15) is 8.42 Å². The van der Waals surface area contributed by atoms with E-state index in [-0.39, 0.29) is 10.0 Å². The van der Waals surface area contributed by atoms with Crippen molar-refractivity contribution in [1.82, 2.24) is 4.98 Å². The van der Waals surface area contributed by atoms with Crippen LogP contribution in [0.5, 0.6) is 5.75 Å². The van der Waals surface area contributed by atoms with Gasteiger partial charge in [0, 0.05) is 19.3 Å². The van der Waals surface area contributed by atoms with Crippen molar-refractivity contribution in [3.63, 3.8) is 0 Å². The summed E-state index contributed by atoms with van der Waals surface area (Å²) in [6.07, 6.45) is 1.36. The Balaban J connectivity index is 2.43. The lowest BCUT2D eigenvalue weighted by Crippen LogP contribution is -2.26. The monoisotopic (exact) mass is 312 g/mol. The first kappa shape index (κ1) is 14.6. The van der Waals surface area contributed by atoms with Crippen molar-refractivity contribution in [2.75, 3.05) is 18.5 Å². The van der Waals surface area contributed by atoms with Gasteiger partial charge in [-0.25, -0.2) is 13.4 Å². The molecular weight excluding hydrogens is 300 g/mol. The fourth-order valence-corrected chi connectivity index (χ4v) is 3.09. The largest absolute Gasteiger partial charge is 0.497 e. The Morgan fingerprint density at radius 2 is 2.00 bits per heavy atom. The zero-order valence-corrected chi connectivity index (χ0v) is 12.5. The first-order chi connectivity index (χ1) is 9.45. The van der Waals surface area contributed by atoms with E-state index >= 15 is 0 Å². The molecule has 0 atom stereocenters. The molecule has 0 N–H and O–H groups in total. The van der Waals surface area contributed by atoms with Gasteiger partial charge in [-0.15, -0.1) is 0 Å². The molecule has 7 heteroatoms. The van der Waals surface area contributed by atoms with Gasteiger partial charge >= 0.3 is 0 Å². The lowest BCUT2D eigenvalue weighted by atomic mass is 10.3. The van der Waals surface area contributed by atoms with Gasteiger partial charge in [-0.3, -0.25) is 4.31 Å². The van der Waals surface area contributed by atoms with Crippen molar-refractivity contribution in [2.45, 2.75) is 4.90 Å². The van der Waals surface area contributed by atoms with Crippen LogP contribution in [-0.2, 0) is 10.0 Å². The minimum atomic E-state index is -3.69. The number of pyridine rings is 1. The standard InChI is InChI=1S/C13H13ClN2O3S/c1-16(10-4-3-5-11(8-10)19-2)20(17,18)12-6-7-15-13(14)9-12/h3-9H,1-2H3. The van der Waals surface area contributed by atoms with Crippen LogP contribution >= 0.6 is 11.6 Å². The van der Waals surface area contributed by atoms with Crippen molar-refractivity contribution < 1.29 is 13.2 Å². The number of hydrogen-bond donors (Lipinski definition) is 0. The Hall–Kier alpha value is -1.79. The number of benzene rings is 1. The highest BCUT2D eigenvalue weighted by atomic mass is 35.5. The van der Waals surface area contributed by atoms with Crippen molar-refractivity contribution >= 4 is 27.3 Å². The van der Waals surface area contributed by atoms with Crippen LogP contribution in [-0.4, -0.2) is 27.6 Å². The zero-order chi connectivity index (χ0) is 14.8. The zero-order valence-electron chi connectivity index (χ0n) is 10.9. The summed E-state index contributed by atoms with van der Waals surface area (Å²) in [5, 5.41) is 0.130. The molecule has 0 saturated heterocycles. The van der Waals surface area contributed by atoms with E-state index in [2.05, 4.69) is 4.98 Å². The van der Waals surface area contributed by atoms with Crippen LogP contribution in [0, 0.1) is 0 Å². The minimum absolute atomic E-state index is 0.0859. The summed E-state index contributed by atoms with van der Waals surface area (Å²) in [5.41, 5.74) is 0.497. The molecule has 1 aromatic heterocycles. The average Bonchev–Trinajstić information content (AvgIpc) is 2.46. The maximum Gasteiger partial charge on any atom is 0.264 e. The Morgan fingerprint density at radius 3 is 2.65 bits per heavy atom. The summed E-state index contributed by atoms with van der Waals surface area (Å²) < 4.78 is 31.2. The molecule has 0 saturated carbocycles. The molecule has 0 spiro atoms. The smallest absolute Gasteiger partial charge is 0.264 e. The first-order valence-electron chi connectivity index (χ1n) is 5.69. The van der Waals surface area contributed by atoms with Gasteiger partial charge in [-0.1, -0.05) is 17.7 Å². The van der Waals surface area contributed by atoms with Crippen LogP contribution in [0.25, 0.3) is 0 Å². The van der Waals surface area contributed by atoms with Gasteiger partial charge < -0.3 is 4.74 Å². The normalized spacial score (nSPS) is 11.2. The van der Waals surface area contributed by atoms with Gasteiger partial charge in [0.15, 0.2) is 0 Å². The predicted molar refractivity (Wildman–Crippen MR) is 77.8 cm³/mol. The first-order valence-corrected chi connectivity index (χ1v) is 7.51. The molecule has 2 rings (SSSR count). The average molecular weight is 313 g/mol. The van der Waals surface area contributed by atoms with Crippen LogP contribution in [0.1, 0.15) is 0 Å². The third kappa shape index (κ3) is 2.86. The van der Waals surface area contributed by atoms with E-state index in [1.165, 1.54) is 36.8 Å². The van der Waals surface area contributed by atoms with Crippen molar-refractivity contribution in [1.29, 1.82) is 0 Å². The van der Waals surface area contributed by atoms with E-state index in [0.29, 0.717) is 11.4 Å². The molecule has 0 unspecified atom stereocenters. The van der Waals surface area contributed by atoms with Crippen LogP contribution in [0.3, 0.4) is 0 Å². The summed E-state index contributed by atoms with van der Waals surface area (Å²) >= 11 is 5.74. The molecule has 1 aromatic carbocycles. The Morgan fingerprint density at radius 1 is 1.25 bits per heavy atom. The van der Waals surface area contributed by atoms with Crippen LogP contribution < -0.4 is 9.04 Å². The fourth-order valence-electron chi connectivity index (χ4n) is 1.65. The van der Waals surface area contributed by atoms with Crippen molar-refractivity contribution in [3.05, 3.63) is 47.7 Å². The van der Waals surface area contributed by atoms with Crippen LogP contribution in [0.4, 0.5) is 5.69 Å². The van der Waals surface area contributed by atoms with E-state index in [4.69, 9.17) is 16.3 Å². The minimum Gasteiger partial charge on any atom is -0.497 e. The van der Waals surface area contributed by atoms with Gasteiger partial charge in [0.2, 0.25) is 0 Å². The van der Waals surface area contributed by atoms with Crippen molar-refractivity contribution in [3.8, 4) is 5.75 Å². The Labute approximate surface area is 122 Å². The van der Waals surface area contributed by atoms with Gasteiger partial charge in [0.1, 0.15) is 10.9 Å². The molecule has 0 bridgehead atoms. The second-order valence-corrected chi connectivity index (χ2v) is 6.34. The van der Waals surface area contributed by atoms with Gasteiger partial charge in [0.05, 0.1) is 17.7 Å². The summed E-state index contributed by atoms with van der Waals surface area (Å²) in [5.74, 6) is 0.581. The van der Waals surface area contributed by atoms with Gasteiger partial charge in [0.25, 0.3) is 10.0 Å². The maximum atomic E-state index is 12.5. The summed E-state index contributed by atoms with van der Waals surface area (Å²) in [4.78, 5) is 3.86. The van der Waals surface area contributed by atoms with E-state index < -0.39 is 10.0 Å². The fraction of sp³-hybridized carbons (Fsp3) is 0.154. The van der Waals surface area contributed by atoms with Crippen LogP contribution in [0.2, 0.25) is 5.15 Å². The molecule has 0 aliphatic heterocycles. The van der Waals surface area contributed by atoms with Crippen molar-refractivity contribution in [2.24, 2.45) is 0 Å². The lowest BCUT2D eigenvalue weighted by molar-refractivity contribution is 0.415. The predicted octanol–water partition coefficient (Wildman–Crippen LogP) is 2.57. The summed E-state index contributed by atoms with van der Waals surface area (Å²) in [6.45, 7) is 0. The number of ether oxygens (including phenoxy) is 1. The van der Waals surface area contributed by atoms with E-state index in [0.717, 1.165) is 0 Å². The quantitative estimate of drug-likeness (QED) is 0.814. The lowest BCUT2D eigenvalue weighted by Gasteiger charge is -2.20. The van der Waals surface area contributed by atoms with Crippen LogP contribution in [0.15, 0.2) is 47.5 Å². The molecule has 2 aromatic rings. The highest BCUT2D eigenvalue weighted by Crippen LogP contribution is 2.25. The SMILES string of the molecule is COc1cccc(N(C)S(=O)(=O)c2ccnc(Cl)c2)c1. The molecular formula is C13H13ClN2O3S.